The minimum absolute atomic E-state index is 0.0822. The maximum atomic E-state index is 11.7. The van der Waals surface area contributed by atoms with E-state index >= 15 is 0 Å². The first-order chi connectivity index (χ1) is 14.0. The molecule has 0 atom stereocenters. The van der Waals surface area contributed by atoms with Crippen LogP contribution in [0.5, 0.6) is 0 Å². The van der Waals surface area contributed by atoms with Gasteiger partial charge in [0, 0.05) is 25.7 Å². The van der Waals surface area contributed by atoms with Crippen molar-refractivity contribution in [2.45, 2.75) is 110 Å². The van der Waals surface area contributed by atoms with Gasteiger partial charge in [-0.25, -0.2) is 4.79 Å². The van der Waals surface area contributed by atoms with Gasteiger partial charge in [-0.2, -0.15) is 0 Å². The van der Waals surface area contributed by atoms with Crippen LogP contribution in [0.4, 0.5) is 0 Å². The smallest absolute Gasteiger partial charge is 0.333 e. The van der Waals surface area contributed by atoms with Gasteiger partial charge < -0.3 is 9.57 Å². The number of hydroxylamine groups is 2. The first-order valence-electron chi connectivity index (χ1n) is 11.3. The summed E-state index contributed by atoms with van der Waals surface area (Å²) in [5, 5.41) is 0.614. The van der Waals surface area contributed by atoms with E-state index in [4.69, 9.17) is 9.57 Å². The van der Waals surface area contributed by atoms with Crippen molar-refractivity contribution in [1.82, 2.24) is 5.06 Å². The molecule has 7 nitrogen and oxygen atoms in total. The average Bonchev–Trinajstić information content (AvgIpc) is 3.00. The summed E-state index contributed by atoms with van der Waals surface area (Å²) in [5.74, 6) is -1.45. The molecule has 166 valence electrons. The van der Waals surface area contributed by atoms with Gasteiger partial charge in [-0.05, 0) is 19.8 Å². The van der Waals surface area contributed by atoms with Gasteiger partial charge in [0.15, 0.2) is 0 Å². The van der Waals surface area contributed by atoms with Crippen molar-refractivity contribution in [3.05, 3.63) is 0 Å². The lowest BCUT2D eigenvalue weighted by Crippen LogP contribution is -2.31. The van der Waals surface area contributed by atoms with Gasteiger partial charge in [0.05, 0.1) is 6.61 Å². The monoisotopic (exact) mass is 411 g/mol. The molecule has 1 heterocycles. The van der Waals surface area contributed by atoms with E-state index in [2.05, 4.69) is 0 Å². The summed E-state index contributed by atoms with van der Waals surface area (Å²) < 4.78 is 4.91. The maximum absolute atomic E-state index is 11.7. The van der Waals surface area contributed by atoms with Crippen LogP contribution in [0, 0.1) is 0 Å². The van der Waals surface area contributed by atoms with Crippen LogP contribution in [-0.2, 0) is 28.8 Å². The third-order valence-electron chi connectivity index (χ3n) is 5.02. The fourth-order valence-corrected chi connectivity index (χ4v) is 3.34. The highest BCUT2D eigenvalue weighted by Crippen LogP contribution is 2.15. The van der Waals surface area contributed by atoms with E-state index in [1.54, 1.807) is 0 Å². The quantitative estimate of drug-likeness (QED) is 0.197. The minimum atomic E-state index is -0.504. The summed E-state index contributed by atoms with van der Waals surface area (Å²) >= 11 is 0. The van der Waals surface area contributed by atoms with Crippen molar-refractivity contribution >= 4 is 23.8 Å². The molecule has 0 aromatic heterocycles. The number of rotatable bonds is 17. The number of imide groups is 1. The van der Waals surface area contributed by atoms with Crippen LogP contribution in [0.15, 0.2) is 0 Å². The van der Waals surface area contributed by atoms with Crippen molar-refractivity contribution < 1.29 is 28.8 Å². The summed E-state index contributed by atoms with van der Waals surface area (Å²) in [7, 11) is 0. The van der Waals surface area contributed by atoms with Gasteiger partial charge in [-0.15, -0.1) is 5.06 Å². The molecular weight excluding hydrogens is 374 g/mol. The van der Waals surface area contributed by atoms with E-state index in [-0.39, 0.29) is 25.2 Å². The van der Waals surface area contributed by atoms with Crippen LogP contribution in [-0.4, -0.2) is 35.4 Å². The van der Waals surface area contributed by atoms with Gasteiger partial charge in [0.25, 0.3) is 11.8 Å². The molecule has 29 heavy (non-hydrogen) atoms. The van der Waals surface area contributed by atoms with Crippen molar-refractivity contribution in [3.63, 3.8) is 0 Å². The number of unbranched alkanes of at least 4 members (excludes halogenated alkanes) is 11. The first kappa shape index (κ1) is 25.1. The molecule has 1 fully saturated rings. The predicted molar refractivity (Wildman–Crippen MR) is 108 cm³/mol. The minimum Gasteiger partial charge on any atom is -0.466 e. The SMILES string of the molecule is CCOC(=O)CCCCCCCCCCCCCCC(=O)ON1C(=O)CCC1=O. The molecule has 0 aromatic rings. The van der Waals surface area contributed by atoms with Crippen LogP contribution in [0.3, 0.4) is 0 Å². The number of carbonyl (C=O) groups is 4. The molecule has 0 aromatic carbocycles. The Morgan fingerprint density at radius 1 is 0.690 bits per heavy atom. The highest BCUT2D eigenvalue weighted by Gasteiger charge is 2.32. The Morgan fingerprint density at radius 2 is 1.07 bits per heavy atom. The molecule has 1 saturated heterocycles. The Labute approximate surface area is 174 Å². The normalized spacial score (nSPS) is 13.8. The largest absolute Gasteiger partial charge is 0.466 e. The van der Waals surface area contributed by atoms with Crippen molar-refractivity contribution in [2.75, 3.05) is 6.61 Å². The number of esters is 1. The fourth-order valence-electron chi connectivity index (χ4n) is 3.34. The summed E-state index contributed by atoms with van der Waals surface area (Å²) in [4.78, 5) is 50.4. The van der Waals surface area contributed by atoms with Crippen LogP contribution >= 0.6 is 0 Å². The Kier molecular flexibility index (Phi) is 13.8. The number of hydrogen-bond donors (Lipinski definition) is 0. The topological polar surface area (TPSA) is 90.0 Å². The molecule has 1 aliphatic heterocycles. The summed E-state index contributed by atoms with van der Waals surface area (Å²) in [6.45, 7) is 2.30. The third kappa shape index (κ3) is 12.3. The lowest BCUT2D eigenvalue weighted by Gasteiger charge is -2.12. The van der Waals surface area contributed by atoms with E-state index < -0.39 is 17.8 Å². The molecule has 0 spiro atoms. The zero-order chi connectivity index (χ0) is 21.3. The van der Waals surface area contributed by atoms with Gasteiger partial charge in [-0.3, -0.25) is 14.4 Å². The van der Waals surface area contributed by atoms with E-state index in [1.807, 2.05) is 6.92 Å². The lowest BCUT2D eigenvalue weighted by molar-refractivity contribution is -0.197. The molecule has 0 N–H and O–H groups in total. The average molecular weight is 412 g/mol. The zero-order valence-corrected chi connectivity index (χ0v) is 17.9. The highest BCUT2D eigenvalue weighted by molar-refractivity contribution is 6.01. The lowest BCUT2D eigenvalue weighted by atomic mass is 10.0. The Balaban J connectivity index is 1.81. The van der Waals surface area contributed by atoms with Crippen LogP contribution < -0.4 is 0 Å². The van der Waals surface area contributed by atoms with Crippen LogP contribution in [0.1, 0.15) is 110 Å². The van der Waals surface area contributed by atoms with Crippen molar-refractivity contribution in [3.8, 4) is 0 Å². The Hall–Kier alpha value is -1.92. The maximum Gasteiger partial charge on any atom is 0.333 e. The van der Waals surface area contributed by atoms with E-state index in [0.29, 0.717) is 18.1 Å². The Morgan fingerprint density at radius 3 is 1.48 bits per heavy atom. The molecule has 2 amide bonds. The summed E-state index contributed by atoms with van der Waals surface area (Å²) in [5.41, 5.74) is 0. The van der Waals surface area contributed by atoms with E-state index in [1.165, 1.54) is 38.5 Å². The van der Waals surface area contributed by atoms with Crippen molar-refractivity contribution in [2.24, 2.45) is 0 Å². The molecule has 0 aliphatic carbocycles. The molecule has 0 unspecified atom stereocenters. The van der Waals surface area contributed by atoms with Crippen molar-refractivity contribution in [1.29, 1.82) is 0 Å². The van der Waals surface area contributed by atoms with Crippen LogP contribution in [0.2, 0.25) is 0 Å². The standard InChI is InChI=1S/C22H37NO6/c1-2-28-21(26)15-13-11-9-7-5-3-4-6-8-10-12-14-16-22(27)29-23-19(24)17-18-20(23)25/h2-18H2,1H3. The fraction of sp³-hybridized carbons (Fsp3) is 0.818. The number of nitrogens with zero attached hydrogens (tertiary/aromatic N) is 1. The molecule has 7 heteroatoms. The van der Waals surface area contributed by atoms with Gasteiger partial charge in [-0.1, -0.05) is 64.2 Å². The highest BCUT2D eigenvalue weighted by atomic mass is 16.7. The van der Waals surface area contributed by atoms with Gasteiger partial charge in [0.2, 0.25) is 0 Å². The van der Waals surface area contributed by atoms with E-state index in [9.17, 15) is 19.2 Å². The number of amides is 2. The molecular formula is C22H37NO6. The zero-order valence-electron chi connectivity index (χ0n) is 17.9. The predicted octanol–water partition coefficient (Wildman–Crippen LogP) is 4.62. The first-order valence-corrected chi connectivity index (χ1v) is 11.3. The molecule has 0 radical (unpaired) electrons. The van der Waals surface area contributed by atoms with Gasteiger partial charge >= 0.3 is 11.9 Å². The third-order valence-corrected chi connectivity index (χ3v) is 5.02. The van der Waals surface area contributed by atoms with Gasteiger partial charge in [0.1, 0.15) is 0 Å². The second-order valence-electron chi connectivity index (χ2n) is 7.59. The summed E-state index contributed by atoms with van der Waals surface area (Å²) in [6.07, 6.45) is 14.4. The summed E-state index contributed by atoms with van der Waals surface area (Å²) in [6, 6.07) is 0. The number of hydrogen-bond acceptors (Lipinski definition) is 6. The second kappa shape index (κ2) is 15.9. The number of carbonyl (C=O) groups excluding carboxylic acids is 4. The van der Waals surface area contributed by atoms with E-state index in [0.717, 1.165) is 38.5 Å². The van der Waals surface area contributed by atoms with Crippen LogP contribution in [0.25, 0.3) is 0 Å². The second-order valence-corrected chi connectivity index (χ2v) is 7.59. The number of ether oxygens (including phenoxy) is 1. The molecule has 1 aliphatic rings. The molecule has 1 rings (SSSR count). The Bertz CT molecular complexity index is 503. The molecule has 0 saturated carbocycles. The molecule has 0 bridgehead atoms.